The number of amides is 2. The zero-order valence-corrected chi connectivity index (χ0v) is 18.2. The van der Waals surface area contributed by atoms with Gasteiger partial charge in [-0.1, -0.05) is 23.7 Å². The summed E-state index contributed by atoms with van der Waals surface area (Å²) in [5.41, 5.74) is 0.433. The molecular formula is C22H27ClFN3O3. The Balaban J connectivity index is 1.88. The number of ether oxygens (including phenoxy) is 1. The molecule has 1 heterocycles. The molecule has 30 heavy (non-hydrogen) atoms. The normalized spacial score (nSPS) is 11.1. The van der Waals surface area contributed by atoms with Crippen LogP contribution in [-0.4, -0.2) is 40.6 Å². The number of hydrogen-bond acceptors (Lipinski definition) is 4. The van der Waals surface area contributed by atoms with Crippen molar-refractivity contribution in [2.45, 2.75) is 45.8 Å². The van der Waals surface area contributed by atoms with Crippen molar-refractivity contribution in [3.8, 4) is 0 Å². The maximum absolute atomic E-state index is 13.8. The molecule has 0 aliphatic carbocycles. The molecule has 0 radical (unpaired) electrons. The van der Waals surface area contributed by atoms with Crippen molar-refractivity contribution in [2.24, 2.45) is 0 Å². The van der Waals surface area contributed by atoms with Crippen molar-refractivity contribution < 1.29 is 18.7 Å². The largest absolute Gasteiger partial charge is 0.444 e. The van der Waals surface area contributed by atoms with Crippen molar-refractivity contribution in [3.63, 3.8) is 0 Å². The Bertz CT molecular complexity index is 836. The molecule has 0 aliphatic heterocycles. The first-order valence-corrected chi connectivity index (χ1v) is 10.1. The quantitative estimate of drug-likeness (QED) is 0.625. The standard InChI is InChI=1S/C22H27ClFN3O3/c1-22(2,3)30-21(29)27(15-16-7-5-10-25-14-16)12-6-11-26-20(28)13-17-18(23)8-4-9-19(17)24/h4-5,7-10,14H,6,11-13,15H2,1-3H3,(H,26,28). The molecule has 2 aromatic rings. The van der Waals surface area contributed by atoms with E-state index in [9.17, 15) is 14.0 Å². The number of rotatable bonds is 8. The van der Waals surface area contributed by atoms with Crippen LogP contribution in [0.4, 0.5) is 9.18 Å². The van der Waals surface area contributed by atoms with E-state index in [1.54, 1.807) is 50.2 Å². The van der Waals surface area contributed by atoms with Crippen molar-refractivity contribution in [3.05, 3.63) is 64.7 Å². The SMILES string of the molecule is CC(C)(C)OC(=O)N(CCCNC(=O)Cc1c(F)cccc1Cl)Cc1cccnc1. The summed E-state index contributed by atoms with van der Waals surface area (Å²) in [4.78, 5) is 30.3. The van der Waals surface area contributed by atoms with Crippen LogP contribution in [0.15, 0.2) is 42.7 Å². The van der Waals surface area contributed by atoms with Crippen LogP contribution in [0.3, 0.4) is 0 Å². The summed E-state index contributed by atoms with van der Waals surface area (Å²) in [6, 6.07) is 7.99. The molecule has 1 aromatic heterocycles. The third-order valence-electron chi connectivity index (χ3n) is 4.07. The van der Waals surface area contributed by atoms with Gasteiger partial charge in [-0.2, -0.15) is 0 Å². The number of nitrogens with one attached hydrogen (secondary N) is 1. The number of pyridine rings is 1. The summed E-state index contributed by atoms with van der Waals surface area (Å²) in [6.07, 6.45) is 3.29. The lowest BCUT2D eigenvalue weighted by Crippen LogP contribution is -2.38. The van der Waals surface area contributed by atoms with Gasteiger partial charge in [0.05, 0.1) is 13.0 Å². The van der Waals surface area contributed by atoms with Crippen molar-refractivity contribution in [1.82, 2.24) is 15.2 Å². The van der Waals surface area contributed by atoms with Crippen LogP contribution in [-0.2, 0) is 22.5 Å². The monoisotopic (exact) mass is 435 g/mol. The number of halogens is 2. The maximum Gasteiger partial charge on any atom is 0.410 e. The van der Waals surface area contributed by atoms with Crippen LogP contribution in [0, 0.1) is 5.82 Å². The summed E-state index contributed by atoms with van der Waals surface area (Å²) in [5, 5.41) is 2.96. The van der Waals surface area contributed by atoms with E-state index in [1.165, 1.54) is 12.1 Å². The average Bonchev–Trinajstić information content (AvgIpc) is 2.66. The van der Waals surface area contributed by atoms with Gasteiger partial charge in [-0.05, 0) is 51.0 Å². The number of carbonyl (C=O) groups excluding carboxylic acids is 2. The minimum atomic E-state index is -0.614. The Morgan fingerprint density at radius 1 is 1.23 bits per heavy atom. The Kier molecular flexibility index (Phi) is 8.59. The van der Waals surface area contributed by atoms with Crippen LogP contribution >= 0.6 is 11.6 Å². The number of nitrogens with zero attached hydrogens (tertiary/aromatic N) is 2. The molecule has 0 bridgehead atoms. The molecule has 2 rings (SSSR count). The van der Waals surface area contributed by atoms with E-state index in [-0.39, 0.29) is 22.9 Å². The molecule has 0 spiro atoms. The molecule has 6 nitrogen and oxygen atoms in total. The molecule has 1 aromatic carbocycles. The molecule has 2 amide bonds. The van der Waals surface area contributed by atoms with Crippen LogP contribution in [0.25, 0.3) is 0 Å². The average molecular weight is 436 g/mol. The van der Waals surface area contributed by atoms with E-state index in [4.69, 9.17) is 16.3 Å². The summed E-state index contributed by atoms with van der Waals surface area (Å²) >= 11 is 5.96. The van der Waals surface area contributed by atoms with Crippen LogP contribution in [0.5, 0.6) is 0 Å². The van der Waals surface area contributed by atoms with Gasteiger partial charge in [0.25, 0.3) is 0 Å². The lowest BCUT2D eigenvalue weighted by atomic mass is 10.1. The predicted octanol–water partition coefficient (Wildman–Crippen LogP) is 4.36. The van der Waals surface area contributed by atoms with E-state index in [0.29, 0.717) is 26.1 Å². The van der Waals surface area contributed by atoms with Crippen LogP contribution < -0.4 is 5.32 Å². The fourth-order valence-electron chi connectivity index (χ4n) is 2.70. The molecule has 0 atom stereocenters. The highest BCUT2D eigenvalue weighted by Crippen LogP contribution is 2.19. The van der Waals surface area contributed by atoms with E-state index < -0.39 is 17.5 Å². The van der Waals surface area contributed by atoms with Gasteiger partial charge >= 0.3 is 6.09 Å². The second-order valence-corrected chi connectivity index (χ2v) is 8.25. The van der Waals surface area contributed by atoms with Gasteiger partial charge in [0.2, 0.25) is 5.91 Å². The number of benzene rings is 1. The Morgan fingerprint density at radius 3 is 2.63 bits per heavy atom. The molecule has 1 N–H and O–H groups in total. The minimum absolute atomic E-state index is 0.142. The van der Waals surface area contributed by atoms with E-state index >= 15 is 0 Å². The highest BCUT2D eigenvalue weighted by atomic mass is 35.5. The molecule has 0 unspecified atom stereocenters. The Morgan fingerprint density at radius 2 is 2.00 bits per heavy atom. The Labute approximate surface area is 181 Å². The second-order valence-electron chi connectivity index (χ2n) is 7.84. The summed E-state index contributed by atoms with van der Waals surface area (Å²) in [5.74, 6) is -0.844. The predicted molar refractivity (Wildman–Crippen MR) is 114 cm³/mol. The van der Waals surface area contributed by atoms with Gasteiger partial charge in [-0.3, -0.25) is 9.78 Å². The highest BCUT2D eigenvalue weighted by molar-refractivity contribution is 6.31. The van der Waals surface area contributed by atoms with E-state index in [1.807, 2.05) is 6.07 Å². The van der Waals surface area contributed by atoms with Gasteiger partial charge in [-0.25, -0.2) is 9.18 Å². The molecule has 0 aliphatic rings. The Hall–Kier alpha value is -2.67. The second kappa shape index (κ2) is 10.9. The first kappa shape index (κ1) is 23.6. The molecular weight excluding hydrogens is 409 g/mol. The maximum atomic E-state index is 13.8. The van der Waals surface area contributed by atoms with Crippen molar-refractivity contribution in [1.29, 1.82) is 0 Å². The topological polar surface area (TPSA) is 71.5 Å². The molecule has 8 heteroatoms. The van der Waals surface area contributed by atoms with Gasteiger partial charge in [-0.15, -0.1) is 0 Å². The zero-order valence-electron chi connectivity index (χ0n) is 17.5. The highest BCUT2D eigenvalue weighted by Gasteiger charge is 2.22. The van der Waals surface area contributed by atoms with Crippen molar-refractivity contribution in [2.75, 3.05) is 13.1 Å². The smallest absolute Gasteiger partial charge is 0.410 e. The number of carbonyl (C=O) groups is 2. The first-order chi connectivity index (χ1) is 14.2. The van der Waals surface area contributed by atoms with Gasteiger partial charge < -0.3 is 15.0 Å². The molecule has 0 fully saturated rings. The third kappa shape index (κ3) is 7.99. The van der Waals surface area contributed by atoms with Gasteiger partial charge in [0.15, 0.2) is 0 Å². The summed E-state index contributed by atoms with van der Waals surface area (Å²) in [7, 11) is 0. The summed E-state index contributed by atoms with van der Waals surface area (Å²) in [6.45, 7) is 6.48. The third-order valence-corrected chi connectivity index (χ3v) is 4.43. The molecule has 0 saturated heterocycles. The molecule has 0 saturated carbocycles. The fourth-order valence-corrected chi connectivity index (χ4v) is 2.93. The zero-order chi connectivity index (χ0) is 22.1. The first-order valence-electron chi connectivity index (χ1n) is 9.72. The minimum Gasteiger partial charge on any atom is -0.444 e. The fraction of sp³-hybridized carbons (Fsp3) is 0.409. The number of hydrogen-bond donors (Lipinski definition) is 1. The summed E-state index contributed by atoms with van der Waals surface area (Å²) < 4.78 is 19.3. The van der Waals surface area contributed by atoms with Gasteiger partial charge in [0, 0.05) is 36.1 Å². The number of aromatic nitrogens is 1. The molecule has 162 valence electrons. The lowest BCUT2D eigenvalue weighted by molar-refractivity contribution is -0.120. The lowest BCUT2D eigenvalue weighted by Gasteiger charge is -2.27. The van der Waals surface area contributed by atoms with E-state index in [0.717, 1.165) is 5.56 Å². The van der Waals surface area contributed by atoms with Crippen LogP contribution in [0.2, 0.25) is 5.02 Å². The van der Waals surface area contributed by atoms with E-state index in [2.05, 4.69) is 10.3 Å². The van der Waals surface area contributed by atoms with Gasteiger partial charge in [0.1, 0.15) is 11.4 Å². The van der Waals surface area contributed by atoms with Crippen molar-refractivity contribution >= 4 is 23.6 Å². The van der Waals surface area contributed by atoms with Crippen LogP contribution in [0.1, 0.15) is 38.3 Å².